The van der Waals surface area contributed by atoms with Gasteiger partial charge in [0.05, 0.1) is 26.0 Å². The van der Waals surface area contributed by atoms with Crippen molar-refractivity contribution in [1.29, 1.82) is 0 Å². The molecule has 4 aromatic heterocycles. The summed E-state index contributed by atoms with van der Waals surface area (Å²) in [5, 5.41) is 25.9. The molecule has 76 heavy (non-hydrogen) atoms. The van der Waals surface area contributed by atoms with Crippen molar-refractivity contribution < 1.29 is 85.3 Å². The number of nitrogen functional groups attached to an aromatic ring is 2. The van der Waals surface area contributed by atoms with Gasteiger partial charge in [0.25, 0.3) is 0 Å². The van der Waals surface area contributed by atoms with E-state index in [1.54, 1.807) is 36.4 Å². The number of halogens is 1. The maximum atomic E-state index is 14.5. The van der Waals surface area contributed by atoms with Crippen LogP contribution < -0.4 is 22.5 Å². The number of carbonyl (C=O) groups excluding carboxylic acids is 3. The molecule has 2 aliphatic rings. The van der Waals surface area contributed by atoms with E-state index >= 15 is 0 Å². The molecule has 0 saturated carbocycles. The number of anilines is 3. The number of pyridine rings is 1. The summed E-state index contributed by atoms with van der Waals surface area (Å²) in [6, 6.07) is 14.7. The molecule has 2 aliphatic heterocycles. The number of hydrogen-bond acceptors (Lipinski definition) is 22. The van der Waals surface area contributed by atoms with Crippen LogP contribution in [0.25, 0.3) is 11.2 Å². The predicted molar refractivity (Wildman–Crippen MR) is 256 cm³/mol. The van der Waals surface area contributed by atoms with Crippen LogP contribution in [0.3, 0.4) is 0 Å². The van der Waals surface area contributed by atoms with Gasteiger partial charge in [-0.3, -0.25) is 37.4 Å². The average molecular weight is 1100 g/mol. The smallest absolute Gasteiger partial charge is 0.455 e. The van der Waals surface area contributed by atoms with E-state index in [-0.39, 0.29) is 48.2 Å². The molecule has 0 bridgehead atoms. The van der Waals surface area contributed by atoms with Crippen LogP contribution in [0, 0.1) is 5.82 Å². The van der Waals surface area contributed by atoms with Crippen molar-refractivity contribution >= 4 is 62.1 Å². The second kappa shape index (κ2) is 23.4. The van der Waals surface area contributed by atoms with Crippen molar-refractivity contribution in [3.63, 3.8) is 0 Å². The third-order valence-corrected chi connectivity index (χ3v) is 13.2. The number of aromatic nitrogens is 7. The Kier molecular flexibility index (Phi) is 16.9. The van der Waals surface area contributed by atoms with Gasteiger partial charge in [0.1, 0.15) is 66.6 Å². The van der Waals surface area contributed by atoms with E-state index in [4.69, 9.17) is 39.5 Å². The summed E-state index contributed by atoms with van der Waals surface area (Å²) < 4.78 is 79.0. The number of esters is 1. The summed E-state index contributed by atoms with van der Waals surface area (Å²) >= 11 is 0. The molecule has 2 saturated heterocycles. The van der Waals surface area contributed by atoms with E-state index in [0.717, 1.165) is 28.1 Å². The third kappa shape index (κ3) is 13.4. The van der Waals surface area contributed by atoms with Gasteiger partial charge in [0.15, 0.2) is 30.0 Å². The first-order valence-corrected chi connectivity index (χ1v) is 25.6. The summed E-state index contributed by atoms with van der Waals surface area (Å²) in [4.78, 5) is 104. The van der Waals surface area contributed by atoms with Gasteiger partial charge in [0.2, 0.25) is 5.91 Å². The zero-order valence-electron chi connectivity index (χ0n) is 39.5. The minimum absolute atomic E-state index is 0.00670. The molecular formula is C44H48FN11O18P2. The number of fused-ring (bicyclic) bond motifs is 1. The third-order valence-electron chi connectivity index (χ3n) is 11.8. The lowest BCUT2D eigenvalue weighted by Gasteiger charge is -2.29. The molecule has 2 fully saturated rings. The first-order valence-electron chi connectivity index (χ1n) is 22.6. The Morgan fingerprint density at radius 3 is 2.22 bits per heavy atom. The number of aliphatic hydroxyl groups excluding tert-OH is 2. The second-order valence-corrected chi connectivity index (χ2v) is 19.7. The van der Waals surface area contributed by atoms with Gasteiger partial charge in [-0.15, -0.1) is 0 Å². The zero-order valence-corrected chi connectivity index (χ0v) is 41.3. The number of likely N-dealkylation sites (N-methyl/N-ethyl adjacent to an activating group) is 1. The highest BCUT2D eigenvalue weighted by Crippen LogP contribution is 2.50. The molecule has 29 nitrogen and oxygen atoms in total. The molecule has 0 radical (unpaired) electrons. The summed E-state index contributed by atoms with van der Waals surface area (Å²) in [5.41, 5.74) is 12.6. The lowest BCUT2D eigenvalue weighted by atomic mass is 10.1. The number of aliphatic hydroxyl groups is 2. The number of nitrogens with zero attached hydrogens (tertiary/aromatic N) is 8. The quantitative estimate of drug-likeness (QED) is 0.0388. The Morgan fingerprint density at radius 1 is 0.868 bits per heavy atom. The average Bonchev–Trinajstić information content (AvgIpc) is 4.06. The number of rotatable bonds is 20. The van der Waals surface area contributed by atoms with Crippen molar-refractivity contribution in [2.24, 2.45) is 0 Å². The van der Waals surface area contributed by atoms with Crippen LogP contribution in [0.15, 0.2) is 103 Å². The van der Waals surface area contributed by atoms with Crippen LogP contribution in [-0.2, 0) is 70.7 Å². The van der Waals surface area contributed by atoms with E-state index in [1.807, 2.05) is 0 Å². The van der Waals surface area contributed by atoms with Crippen molar-refractivity contribution in [2.45, 2.75) is 74.6 Å². The van der Waals surface area contributed by atoms with E-state index < -0.39 is 108 Å². The first-order chi connectivity index (χ1) is 36.1. The van der Waals surface area contributed by atoms with Crippen molar-refractivity contribution in [3.05, 3.63) is 131 Å². The number of benzene rings is 2. The Morgan fingerprint density at radius 2 is 1.54 bits per heavy atom. The van der Waals surface area contributed by atoms with Crippen LogP contribution in [0.2, 0.25) is 0 Å². The number of hydrogen-bond donors (Lipinski definition) is 8. The number of imidazole rings is 1. The summed E-state index contributed by atoms with van der Waals surface area (Å²) in [6.45, 7) is -2.39. The number of phosphoric acid groups is 2. The number of amides is 2. The lowest BCUT2D eigenvalue weighted by Crippen LogP contribution is -2.48. The first kappa shape index (κ1) is 55.1. The fourth-order valence-corrected chi connectivity index (χ4v) is 9.33. The molecule has 0 spiro atoms. The molecule has 10 atom stereocenters. The molecule has 2 aromatic carbocycles. The van der Waals surface area contributed by atoms with Crippen LogP contribution in [0.4, 0.5) is 26.5 Å². The maximum Gasteiger partial charge on any atom is 0.472 e. The van der Waals surface area contributed by atoms with Gasteiger partial charge in [-0.1, -0.05) is 30.3 Å². The SMILES string of the molecule is CN(C(=O)OCc1ccc(NC(=O)Cc2ccc(F)cc2)cc1)[C@@H](Cc1cccnc1)C(=O)O[C@H]1[C@@H](O)[C@H](n2cnc3c(N)ncnc32)O[C@@H]1COP(=O)(O)O[C@H]1[C@@H](O)[C@H](n2ccc(N)nc2=O)O[C@@H]1COP(=O)(O)O. The van der Waals surface area contributed by atoms with Gasteiger partial charge in [-0.2, -0.15) is 4.98 Å². The fourth-order valence-electron chi connectivity index (χ4n) is 8.03. The highest BCUT2D eigenvalue weighted by atomic mass is 31.2. The van der Waals surface area contributed by atoms with Crippen LogP contribution in [-0.4, -0.2) is 145 Å². The molecule has 8 rings (SSSR count). The van der Waals surface area contributed by atoms with Crippen LogP contribution in [0.1, 0.15) is 29.1 Å². The Balaban J connectivity index is 0.991. The second-order valence-electron chi connectivity index (χ2n) is 17.1. The topological polar surface area (TPSA) is 410 Å². The molecule has 6 heterocycles. The van der Waals surface area contributed by atoms with Gasteiger partial charge in [-0.05, 0) is 53.1 Å². The summed E-state index contributed by atoms with van der Waals surface area (Å²) in [5.74, 6) is -2.19. The number of nitrogens with two attached hydrogens (primary N) is 2. The number of ether oxygens (including phenoxy) is 4. The summed E-state index contributed by atoms with van der Waals surface area (Å²) in [7, 11) is -9.47. The maximum absolute atomic E-state index is 14.5. The van der Waals surface area contributed by atoms with E-state index in [2.05, 4.69) is 34.8 Å². The Bertz CT molecular complexity index is 3190. The Labute approximate surface area is 428 Å². The highest BCUT2D eigenvalue weighted by molar-refractivity contribution is 7.47. The van der Waals surface area contributed by atoms with Crippen molar-refractivity contribution in [2.75, 3.05) is 37.0 Å². The standard InChI is InChI=1S/C44H48FN11O18P2/c1-54(44(62)68-18-24-6-10-27(11-7-24)52-32(57)16-23-4-8-26(45)9-5-23)28(15-25-3-2-13-48-17-25)42(60)73-36-29(71-41(34(36)58)56-22-51-33-38(47)49-21-50-39(33)56)20-70-76(66,67)74-37-30(19-69-75(63,64)65)72-40(35(37)59)55-14-12-31(46)53-43(55)61/h2-14,17,21-22,28-30,34-37,40-41,58-59H,15-16,18-20H2,1H3,(H,52,57)(H,66,67)(H2,46,53,61)(H2,47,49,50)(H2,63,64,65)/t28-,29+,30+,34+,35+,36+,37+,40+,41+/m0/s1. The van der Waals surface area contributed by atoms with Gasteiger partial charge >= 0.3 is 33.4 Å². The number of phosphoric ester groups is 2. The molecule has 10 N–H and O–H groups in total. The number of nitrogens with one attached hydrogen (secondary N) is 1. The van der Waals surface area contributed by atoms with Crippen LogP contribution in [0.5, 0.6) is 0 Å². The van der Waals surface area contributed by atoms with Gasteiger partial charge < -0.3 is 60.6 Å². The minimum atomic E-state index is -5.50. The highest BCUT2D eigenvalue weighted by Gasteiger charge is 2.52. The predicted octanol–water partition coefficient (Wildman–Crippen LogP) is 0.883. The normalized spacial score (nSPS) is 22.7. The fraction of sp³-hybridized carbons (Fsp3) is 0.341. The Hall–Kier alpha value is -7.18. The van der Waals surface area contributed by atoms with Gasteiger partial charge in [0, 0.05) is 37.7 Å². The molecule has 404 valence electrons. The zero-order chi connectivity index (χ0) is 54.5. The minimum Gasteiger partial charge on any atom is -0.455 e. The van der Waals surface area contributed by atoms with E-state index in [9.17, 15) is 57.6 Å². The monoisotopic (exact) mass is 1100 g/mol. The molecule has 6 aromatic rings. The lowest BCUT2D eigenvalue weighted by molar-refractivity contribution is -0.162. The van der Waals surface area contributed by atoms with E-state index in [1.165, 1.54) is 54.6 Å². The van der Waals surface area contributed by atoms with Crippen LogP contribution >= 0.6 is 15.6 Å². The summed E-state index contributed by atoms with van der Waals surface area (Å²) in [6.07, 6.45) is -9.40. The molecular weight excluding hydrogens is 1050 g/mol. The van der Waals surface area contributed by atoms with E-state index in [0.29, 0.717) is 22.4 Å². The molecule has 32 heteroatoms. The molecule has 2 amide bonds. The molecule has 0 aliphatic carbocycles. The van der Waals surface area contributed by atoms with Crippen molar-refractivity contribution in [3.8, 4) is 0 Å². The molecule has 1 unspecified atom stereocenters. The van der Waals surface area contributed by atoms with Crippen molar-refractivity contribution in [1.82, 2.24) is 39.0 Å². The largest absolute Gasteiger partial charge is 0.472 e. The number of carbonyl (C=O) groups is 3. The van der Waals surface area contributed by atoms with Gasteiger partial charge in [-0.25, -0.2) is 42.9 Å².